The number of hydrogen-bond acceptors (Lipinski definition) is 6. The van der Waals surface area contributed by atoms with E-state index in [4.69, 9.17) is 4.74 Å². The lowest BCUT2D eigenvalue weighted by molar-refractivity contribution is 0.419. The zero-order valence-corrected chi connectivity index (χ0v) is 10.9. The number of fused-ring (bicyclic) bond motifs is 1. The normalized spacial score (nSPS) is 14.1. The second-order valence-electron chi connectivity index (χ2n) is 4.29. The highest BCUT2D eigenvalue weighted by molar-refractivity contribution is 5.99. The van der Waals surface area contributed by atoms with Crippen LogP contribution in [0.15, 0.2) is 23.5 Å². The predicted octanol–water partition coefficient (Wildman–Crippen LogP) is 1.32. The Labute approximate surface area is 110 Å². The van der Waals surface area contributed by atoms with Gasteiger partial charge >= 0.3 is 0 Å². The second-order valence-corrected chi connectivity index (χ2v) is 4.29. The fourth-order valence-electron chi connectivity index (χ4n) is 2.12. The first-order chi connectivity index (χ1) is 9.29. The average molecular weight is 257 g/mol. The van der Waals surface area contributed by atoms with Gasteiger partial charge in [-0.05, 0) is 6.92 Å². The molecular formula is C13H15N5O. The van der Waals surface area contributed by atoms with Crippen LogP contribution in [0.5, 0.6) is 5.75 Å². The van der Waals surface area contributed by atoms with Crippen LogP contribution in [0, 0.1) is 6.92 Å². The van der Waals surface area contributed by atoms with Gasteiger partial charge in [0.1, 0.15) is 11.3 Å². The van der Waals surface area contributed by atoms with Gasteiger partial charge in [-0.25, -0.2) is 4.98 Å². The van der Waals surface area contributed by atoms with Gasteiger partial charge in [-0.2, -0.15) is 0 Å². The van der Waals surface area contributed by atoms with Gasteiger partial charge in [-0.15, -0.1) is 0 Å². The van der Waals surface area contributed by atoms with Crippen LogP contribution in [0.25, 0.3) is 11.0 Å². The first kappa shape index (κ1) is 11.7. The Balaban J connectivity index is 2.11. The monoisotopic (exact) mass is 257 g/mol. The molecule has 1 aliphatic rings. The molecule has 1 aromatic heterocycles. The summed E-state index contributed by atoms with van der Waals surface area (Å²) < 4.78 is 5.38. The number of methoxy groups -OCH3 is 1. The van der Waals surface area contributed by atoms with Crippen LogP contribution in [0.2, 0.25) is 0 Å². The molecule has 2 N–H and O–H groups in total. The lowest BCUT2D eigenvalue weighted by Gasteiger charge is -2.13. The quantitative estimate of drug-likeness (QED) is 0.849. The van der Waals surface area contributed by atoms with E-state index in [9.17, 15) is 0 Å². The summed E-state index contributed by atoms with van der Waals surface area (Å²) in [6.45, 7) is 3.67. The number of aliphatic imine (C=N–C) groups is 1. The maximum Gasteiger partial charge on any atom is 0.195 e. The molecule has 0 bridgehead atoms. The minimum absolute atomic E-state index is 0.704. The highest BCUT2D eigenvalue weighted by Crippen LogP contribution is 2.31. The van der Waals surface area contributed by atoms with Crippen molar-refractivity contribution >= 4 is 22.7 Å². The SMILES string of the molecule is COc1cc(NC2=NCCN2)c(C)c2nccnc12. The summed E-state index contributed by atoms with van der Waals surface area (Å²) in [5.74, 6) is 1.49. The number of benzene rings is 1. The molecule has 0 saturated carbocycles. The van der Waals surface area contributed by atoms with E-state index in [0.29, 0.717) is 5.75 Å². The van der Waals surface area contributed by atoms with Gasteiger partial charge in [-0.1, -0.05) is 0 Å². The van der Waals surface area contributed by atoms with Crippen LogP contribution in [0.1, 0.15) is 5.56 Å². The van der Waals surface area contributed by atoms with Crippen molar-refractivity contribution in [1.82, 2.24) is 15.3 Å². The van der Waals surface area contributed by atoms with E-state index < -0.39 is 0 Å². The lowest BCUT2D eigenvalue weighted by Crippen LogP contribution is -2.26. The summed E-state index contributed by atoms with van der Waals surface area (Å²) >= 11 is 0. The molecule has 1 aromatic carbocycles. The highest BCUT2D eigenvalue weighted by Gasteiger charge is 2.13. The third kappa shape index (κ3) is 2.05. The summed E-state index contributed by atoms with van der Waals surface area (Å²) in [5, 5.41) is 6.45. The van der Waals surface area contributed by atoms with Gasteiger partial charge < -0.3 is 15.4 Å². The van der Waals surface area contributed by atoms with E-state index in [0.717, 1.165) is 41.3 Å². The molecule has 0 amide bonds. The molecule has 98 valence electrons. The Hall–Kier alpha value is -2.37. The van der Waals surface area contributed by atoms with Gasteiger partial charge in [0.25, 0.3) is 0 Å². The van der Waals surface area contributed by atoms with Crippen LogP contribution in [-0.4, -0.2) is 36.1 Å². The third-order valence-corrected chi connectivity index (χ3v) is 3.11. The number of hydrogen-bond donors (Lipinski definition) is 2. The fourth-order valence-corrected chi connectivity index (χ4v) is 2.12. The fraction of sp³-hybridized carbons (Fsp3) is 0.308. The Kier molecular flexibility index (Phi) is 2.91. The molecule has 19 heavy (non-hydrogen) atoms. The Bertz CT molecular complexity index is 653. The maximum absolute atomic E-state index is 5.38. The number of rotatable bonds is 2. The molecule has 0 unspecified atom stereocenters. The molecule has 6 nitrogen and oxygen atoms in total. The molecule has 0 fully saturated rings. The molecule has 6 heteroatoms. The topological polar surface area (TPSA) is 71.4 Å². The van der Waals surface area contributed by atoms with Crippen LogP contribution >= 0.6 is 0 Å². The van der Waals surface area contributed by atoms with Gasteiger partial charge in [0, 0.05) is 36.3 Å². The van der Waals surface area contributed by atoms with Crippen molar-refractivity contribution in [3.05, 3.63) is 24.0 Å². The smallest absolute Gasteiger partial charge is 0.195 e. The van der Waals surface area contributed by atoms with E-state index in [1.807, 2.05) is 13.0 Å². The van der Waals surface area contributed by atoms with Crippen LogP contribution in [0.3, 0.4) is 0 Å². The molecule has 1 aliphatic heterocycles. The highest BCUT2D eigenvalue weighted by atomic mass is 16.5. The molecule has 0 aliphatic carbocycles. The molecule has 2 aromatic rings. The van der Waals surface area contributed by atoms with Crippen LogP contribution in [0.4, 0.5) is 5.69 Å². The molecule has 2 heterocycles. The van der Waals surface area contributed by atoms with Crippen molar-refractivity contribution in [3.63, 3.8) is 0 Å². The summed E-state index contributed by atoms with van der Waals surface area (Å²) in [6.07, 6.45) is 3.35. The number of aryl methyl sites for hydroxylation is 1. The van der Waals surface area contributed by atoms with Crippen molar-refractivity contribution in [2.75, 3.05) is 25.5 Å². The summed E-state index contributed by atoms with van der Waals surface area (Å²) in [6, 6.07) is 1.93. The van der Waals surface area contributed by atoms with Crippen LogP contribution < -0.4 is 15.4 Å². The zero-order chi connectivity index (χ0) is 13.2. The molecule has 0 saturated heterocycles. The van der Waals surface area contributed by atoms with E-state index >= 15 is 0 Å². The first-order valence-corrected chi connectivity index (χ1v) is 6.13. The van der Waals surface area contributed by atoms with E-state index in [-0.39, 0.29) is 0 Å². The summed E-state index contributed by atoms with van der Waals surface area (Å²) in [5.41, 5.74) is 3.57. The summed E-state index contributed by atoms with van der Waals surface area (Å²) in [7, 11) is 1.63. The third-order valence-electron chi connectivity index (χ3n) is 3.11. The molecular weight excluding hydrogens is 242 g/mol. The maximum atomic E-state index is 5.38. The number of aromatic nitrogens is 2. The average Bonchev–Trinajstić information content (AvgIpc) is 2.95. The number of nitrogens with zero attached hydrogens (tertiary/aromatic N) is 3. The van der Waals surface area contributed by atoms with Gasteiger partial charge in [0.15, 0.2) is 5.96 Å². The van der Waals surface area contributed by atoms with Crippen LogP contribution in [-0.2, 0) is 0 Å². The van der Waals surface area contributed by atoms with Crippen molar-refractivity contribution in [3.8, 4) is 5.75 Å². The molecule has 3 rings (SSSR count). The Morgan fingerprint density at radius 3 is 2.74 bits per heavy atom. The summed E-state index contributed by atoms with van der Waals surface area (Å²) in [4.78, 5) is 13.0. The Morgan fingerprint density at radius 2 is 2.05 bits per heavy atom. The molecule has 0 radical (unpaired) electrons. The van der Waals surface area contributed by atoms with Crippen molar-refractivity contribution in [1.29, 1.82) is 0 Å². The van der Waals surface area contributed by atoms with Crippen molar-refractivity contribution in [2.45, 2.75) is 6.92 Å². The number of guanidine groups is 1. The van der Waals surface area contributed by atoms with E-state index in [2.05, 4.69) is 25.6 Å². The second kappa shape index (κ2) is 4.72. The van der Waals surface area contributed by atoms with Crippen molar-refractivity contribution < 1.29 is 4.74 Å². The zero-order valence-electron chi connectivity index (χ0n) is 10.9. The standard InChI is InChI=1S/C13H15N5O/c1-8-9(18-13-16-5-6-17-13)7-10(19-2)12-11(8)14-3-4-15-12/h3-4,7H,5-6H2,1-2H3,(H2,16,17,18). The van der Waals surface area contributed by atoms with E-state index in [1.165, 1.54) is 0 Å². The molecule has 0 atom stereocenters. The predicted molar refractivity (Wildman–Crippen MR) is 74.8 cm³/mol. The minimum atomic E-state index is 0.704. The number of ether oxygens (including phenoxy) is 1. The largest absolute Gasteiger partial charge is 0.494 e. The Morgan fingerprint density at radius 1 is 1.26 bits per heavy atom. The molecule has 0 spiro atoms. The minimum Gasteiger partial charge on any atom is -0.494 e. The first-order valence-electron chi connectivity index (χ1n) is 6.13. The van der Waals surface area contributed by atoms with Gasteiger partial charge in [0.05, 0.1) is 19.2 Å². The lowest BCUT2D eigenvalue weighted by atomic mass is 10.1. The van der Waals surface area contributed by atoms with Gasteiger partial charge in [0.2, 0.25) is 0 Å². The van der Waals surface area contributed by atoms with Gasteiger partial charge in [-0.3, -0.25) is 9.98 Å². The number of nitrogens with one attached hydrogen (secondary N) is 2. The van der Waals surface area contributed by atoms with Crippen molar-refractivity contribution in [2.24, 2.45) is 4.99 Å². The van der Waals surface area contributed by atoms with E-state index in [1.54, 1.807) is 19.5 Å². The number of anilines is 1.